The van der Waals surface area contributed by atoms with E-state index in [1.807, 2.05) is 53.9 Å². The van der Waals surface area contributed by atoms with Gasteiger partial charge in [0.15, 0.2) is 0 Å². The molecular weight excluding hydrogens is 452 g/mol. The number of rotatable bonds is 5. The van der Waals surface area contributed by atoms with Crippen LogP contribution in [0.15, 0.2) is 62.9 Å². The predicted octanol–water partition coefficient (Wildman–Crippen LogP) is 5.19. The first-order chi connectivity index (χ1) is 11.6. The Bertz CT molecular complexity index is 863. The van der Waals surface area contributed by atoms with Crippen LogP contribution < -0.4 is 5.32 Å². The highest BCUT2D eigenvalue weighted by Gasteiger charge is 2.09. The van der Waals surface area contributed by atoms with Gasteiger partial charge in [-0.15, -0.1) is 11.3 Å². The molecule has 1 aromatic heterocycles. The smallest absolute Gasteiger partial charge is 0.226 e. The number of hydrogen-bond acceptors (Lipinski definition) is 3. The second-order valence-corrected chi connectivity index (χ2v) is 7.93. The normalized spacial score (nSPS) is 10.6. The van der Waals surface area contributed by atoms with Crippen molar-refractivity contribution in [3.63, 3.8) is 0 Å². The molecule has 0 unspecified atom stereocenters. The van der Waals surface area contributed by atoms with Gasteiger partial charge in [-0.05, 0) is 29.8 Å². The number of thiazole rings is 1. The van der Waals surface area contributed by atoms with Crippen molar-refractivity contribution in [1.29, 1.82) is 0 Å². The van der Waals surface area contributed by atoms with Crippen LogP contribution in [0.4, 0.5) is 0 Å². The summed E-state index contributed by atoms with van der Waals surface area (Å²) >= 11 is 8.44. The lowest BCUT2D eigenvalue weighted by Crippen LogP contribution is -2.24. The molecule has 0 saturated heterocycles. The van der Waals surface area contributed by atoms with Crippen molar-refractivity contribution in [2.24, 2.45) is 0 Å². The number of benzene rings is 2. The summed E-state index contributed by atoms with van der Waals surface area (Å²) in [4.78, 5) is 16.7. The van der Waals surface area contributed by atoms with Crippen LogP contribution >= 0.6 is 43.2 Å². The van der Waals surface area contributed by atoms with E-state index in [-0.39, 0.29) is 5.91 Å². The first kappa shape index (κ1) is 17.3. The summed E-state index contributed by atoms with van der Waals surface area (Å²) < 4.78 is 2.02. The average Bonchev–Trinajstić information content (AvgIpc) is 3.01. The molecule has 0 aliphatic carbocycles. The van der Waals surface area contributed by atoms with E-state index >= 15 is 0 Å². The van der Waals surface area contributed by atoms with Crippen LogP contribution in [0, 0.1) is 0 Å². The lowest BCUT2D eigenvalue weighted by atomic mass is 10.2. The zero-order chi connectivity index (χ0) is 16.9. The van der Waals surface area contributed by atoms with Crippen molar-refractivity contribution in [1.82, 2.24) is 10.3 Å². The molecule has 1 heterocycles. The highest BCUT2D eigenvalue weighted by Crippen LogP contribution is 2.26. The number of aromatic nitrogens is 1. The van der Waals surface area contributed by atoms with Crippen molar-refractivity contribution in [2.45, 2.75) is 13.0 Å². The molecule has 1 N–H and O–H groups in total. The van der Waals surface area contributed by atoms with E-state index < -0.39 is 0 Å². The molecule has 0 spiro atoms. The van der Waals surface area contributed by atoms with E-state index in [2.05, 4.69) is 42.2 Å². The highest BCUT2D eigenvalue weighted by molar-refractivity contribution is 9.10. The van der Waals surface area contributed by atoms with Gasteiger partial charge in [0.05, 0.1) is 12.1 Å². The number of carbonyl (C=O) groups excluding carboxylic acids is 1. The third-order valence-corrected chi connectivity index (χ3v) is 5.27. The van der Waals surface area contributed by atoms with E-state index in [0.717, 1.165) is 30.8 Å². The zero-order valence-corrected chi connectivity index (χ0v) is 16.6. The summed E-state index contributed by atoms with van der Waals surface area (Å²) in [6.07, 6.45) is 0.290. The molecule has 0 aliphatic heterocycles. The maximum Gasteiger partial charge on any atom is 0.226 e. The fraction of sp³-hybridized carbons (Fsp3) is 0.111. The molecular formula is C18H14Br2N2OS. The Kier molecular flexibility index (Phi) is 5.81. The lowest BCUT2D eigenvalue weighted by molar-refractivity contribution is -0.120. The van der Waals surface area contributed by atoms with Crippen LogP contribution in [0.5, 0.6) is 0 Å². The Labute approximate surface area is 161 Å². The minimum absolute atomic E-state index is 0.0268. The molecule has 0 aliphatic rings. The Morgan fingerprint density at radius 2 is 1.83 bits per heavy atom. The summed E-state index contributed by atoms with van der Waals surface area (Å²) in [5.74, 6) is -0.0268. The molecule has 0 radical (unpaired) electrons. The average molecular weight is 466 g/mol. The summed E-state index contributed by atoms with van der Waals surface area (Å²) in [6.45, 7) is 0.515. The van der Waals surface area contributed by atoms with Crippen LogP contribution in [0.1, 0.15) is 11.3 Å². The van der Waals surface area contributed by atoms with Crippen molar-refractivity contribution < 1.29 is 4.79 Å². The highest BCUT2D eigenvalue weighted by atomic mass is 79.9. The third kappa shape index (κ3) is 4.75. The Morgan fingerprint density at radius 1 is 1.08 bits per heavy atom. The molecule has 1 amide bonds. The maximum atomic E-state index is 12.1. The molecule has 3 aromatic rings. The molecule has 3 nitrogen and oxygen atoms in total. The van der Waals surface area contributed by atoms with E-state index in [0.29, 0.717) is 13.0 Å². The number of halogens is 2. The van der Waals surface area contributed by atoms with E-state index in [1.165, 1.54) is 0 Å². The van der Waals surface area contributed by atoms with Gasteiger partial charge >= 0.3 is 0 Å². The van der Waals surface area contributed by atoms with Crippen LogP contribution in [-0.2, 0) is 17.8 Å². The van der Waals surface area contributed by atoms with Gasteiger partial charge in [-0.3, -0.25) is 4.79 Å². The molecule has 0 saturated carbocycles. The minimum Gasteiger partial charge on any atom is -0.352 e. The van der Waals surface area contributed by atoms with Crippen molar-refractivity contribution in [3.05, 3.63) is 74.1 Å². The Morgan fingerprint density at radius 3 is 2.58 bits per heavy atom. The fourth-order valence-corrected chi connectivity index (χ4v) is 3.88. The number of hydrogen-bond donors (Lipinski definition) is 1. The predicted molar refractivity (Wildman–Crippen MR) is 105 cm³/mol. The Hall–Kier alpha value is -1.50. The first-order valence-electron chi connectivity index (χ1n) is 7.31. The van der Waals surface area contributed by atoms with Gasteiger partial charge in [0, 0.05) is 26.4 Å². The van der Waals surface area contributed by atoms with Crippen molar-refractivity contribution in [3.8, 4) is 10.6 Å². The van der Waals surface area contributed by atoms with Crippen LogP contribution in [0.25, 0.3) is 10.6 Å². The number of nitrogens with zero attached hydrogens (tertiary/aromatic N) is 1. The van der Waals surface area contributed by atoms with Gasteiger partial charge in [-0.1, -0.05) is 56.1 Å². The van der Waals surface area contributed by atoms with Gasteiger partial charge < -0.3 is 5.32 Å². The molecule has 122 valence electrons. The molecule has 6 heteroatoms. The standard InChI is InChI=1S/C18H14Br2N2OS/c19-14-5-1-3-12(7-14)10-21-17(23)9-16-11-24-18(22-16)13-4-2-6-15(20)8-13/h1-8,11H,9-10H2,(H,21,23). The van der Waals surface area contributed by atoms with E-state index in [1.54, 1.807) is 11.3 Å². The van der Waals surface area contributed by atoms with Gasteiger partial charge in [-0.25, -0.2) is 4.98 Å². The van der Waals surface area contributed by atoms with Crippen molar-refractivity contribution >= 4 is 49.1 Å². The van der Waals surface area contributed by atoms with Crippen LogP contribution in [-0.4, -0.2) is 10.9 Å². The van der Waals surface area contributed by atoms with Crippen molar-refractivity contribution in [2.75, 3.05) is 0 Å². The molecule has 0 atom stereocenters. The number of nitrogens with one attached hydrogen (secondary N) is 1. The maximum absolute atomic E-state index is 12.1. The van der Waals surface area contributed by atoms with Gasteiger partial charge in [0.2, 0.25) is 5.91 Å². The van der Waals surface area contributed by atoms with Gasteiger partial charge in [0.1, 0.15) is 5.01 Å². The summed E-state index contributed by atoms with van der Waals surface area (Å²) in [7, 11) is 0. The van der Waals surface area contributed by atoms with E-state index in [4.69, 9.17) is 0 Å². The monoisotopic (exact) mass is 464 g/mol. The second kappa shape index (κ2) is 8.05. The molecule has 3 rings (SSSR count). The third-order valence-electron chi connectivity index (χ3n) is 3.34. The quantitative estimate of drug-likeness (QED) is 0.563. The summed E-state index contributed by atoms with van der Waals surface area (Å²) in [6, 6.07) is 15.9. The largest absolute Gasteiger partial charge is 0.352 e. The number of amides is 1. The first-order valence-corrected chi connectivity index (χ1v) is 9.78. The molecule has 0 bridgehead atoms. The van der Waals surface area contributed by atoms with E-state index in [9.17, 15) is 4.79 Å². The molecule has 0 fully saturated rings. The van der Waals surface area contributed by atoms with Crippen LogP contribution in [0.2, 0.25) is 0 Å². The Balaban J connectivity index is 1.59. The second-order valence-electron chi connectivity index (χ2n) is 5.24. The lowest BCUT2D eigenvalue weighted by Gasteiger charge is -2.04. The fourth-order valence-electron chi connectivity index (χ4n) is 2.22. The molecule has 24 heavy (non-hydrogen) atoms. The summed E-state index contributed by atoms with van der Waals surface area (Å²) in [5, 5.41) is 5.79. The van der Waals surface area contributed by atoms with Crippen LogP contribution in [0.3, 0.4) is 0 Å². The number of carbonyl (C=O) groups is 1. The van der Waals surface area contributed by atoms with Gasteiger partial charge in [-0.2, -0.15) is 0 Å². The molecule has 2 aromatic carbocycles. The zero-order valence-electron chi connectivity index (χ0n) is 12.6. The minimum atomic E-state index is -0.0268. The van der Waals surface area contributed by atoms with Gasteiger partial charge in [0.25, 0.3) is 0 Å². The topological polar surface area (TPSA) is 42.0 Å². The SMILES string of the molecule is O=C(Cc1csc(-c2cccc(Br)c2)n1)NCc1cccc(Br)c1. The summed E-state index contributed by atoms with van der Waals surface area (Å²) in [5.41, 5.74) is 2.91.